The molecule has 0 fully saturated rings. The van der Waals surface area contributed by atoms with Crippen LogP contribution in [0.15, 0.2) is 41.7 Å². The van der Waals surface area contributed by atoms with Gasteiger partial charge in [-0.1, -0.05) is 0 Å². The number of nitrogens with one attached hydrogen (secondary N) is 1. The number of pyridine rings is 2. The second kappa shape index (κ2) is 4.91. The van der Waals surface area contributed by atoms with E-state index in [2.05, 4.69) is 14.7 Å². The van der Waals surface area contributed by atoms with E-state index in [0.29, 0.717) is 0 Å². The molecule has 3 N–H and O–H groups in total. The van der Waals surface area contributed by atoms with E-state index in [-0.39, 0.29) is 22.0 Å². The van der Waals surface area contributed by atoms with E-state index in [4.69, 9.17) is 11.0 Å². The first-order valence-corrected chi connectivity index (χ1v) is 6.60. The van der Waals surface area contributed by atoms with Crippen LogP contribution in [0.1, 0.15) is 5.69 Å². The van der Waals surface area contributed by atoms with Crippen molar-refractivity contribution in [2.75, 3.05) is 10.5 Å². The Morgan fingerprint density at radius 2 is 2.11 bits per heavy atom. The third-order valence-electron chi connectivity index (χ3n) is 2.26. The van der Waals surface area contributed by atoms with Crippen LogP contribution in [0.3, 0.4) is 0 Å². The van der Waals surface area contributed by atoms with Crippen molar-refractivity contribution in [2.45, 2.75) is 4.90 Å². The molecule has 19 heavy (non-hydrogen) atoms. The number of nitriles is 1. The molecular formula is C11H9N5O2S. The van der Waals surface area contributed by atoms with Crippen LogP contribution in [0, 0.1) is 11.3 Å². The predicted molar refractivity (Wildman–Crippen MR) is 68.4 cm³/mol. The van der Waals surface area contributed by atoms with Crippen LogP contribution in [-0.4, -0.2) is 18.4 Å². The standard InChI is InChI=1S/C11H9N5O2S/c12-6-10-11(2-1-4-15-10)19(17,18)16-9-3-5-14-7-8(9)13/h1-5,7H,13H2,(H,14,16). The van der Waals surface area contributed by atoms with Crippen LogP contribution in [0.2, 0.25) is 0 Å². The lowest BCUT2D eigenvalue weighted by atomic mass is 10.4. The van der Waals surface area contributed by atoms with Crippen molar-refractivity contribution in [1.82, 2.24) is 9.97 Å². The molecule has 8 heteroatoms. The van der Waals surface area contributed by atoms with Crippen LogP contribution in [0.5, 0.6) is 0 Å². The van der Waals surface area contributed by atoms with Crippen LogP contribution < -0.4 is 10.5 Å². The lowest BCUT2D eigenvalue weighted by Gasteiger charge is -2.10. The van der Waals surface area contributed by atoms with E-state index in [0.717, 1.165) is 0 Å². The SMILES string of the molecule is N#Cc1ncccc1S(=O)(=O)Nc1ccncc1N. The lowest BCUT2D eigenvalue weighted by molar-refractivity contribution is 0.600. The van der Waals surface area contributed by atoms with E-state index in [1.165, 1.54) is 36.8 Å². The van der Waals surface area contributed by atoms with E-state index in [9.17, 15) is 8.42 Å². The first-order chi connectivity index (χ1) is 9.04. The van der Waals surface area contributed by atoms with Gasteiger partial charge >= 0.3 is 0 Å². The molecule has 0 aromatic carbocycles. The van der Waals surface area contributed by atoms with E-state index >= 15 is 0 Å². The summed E-state index contributed by atoms with van der Waals surface area (Å²) < 4.78 is 26.6. The van der Waals surface area contributed by atoms with Crippen LogP contribution >= 0.6 is 0 Å². The van der Waals surface area contributed by atoms with Gasteiger partial charge in [0, 0.05) is 12.4 Å². The first-order valence-electron chi connectivity index (χ1n) is 5.12. The molecule has 0 amide bonds. The summed E-state index contributed by atoms with van der Waals surface area (Å²) in [5.41, 5.74) is 5.81. The minimum atomic E-state index is -3.92. The van der Waals surface area contributed by atoms with E-state index in [1.54, 1.807) is 6.07 Å². The Balaban J connectivity index is 2.45. The summed E-state index contributed by atoms with van der Waals surface area (Å²) >= 11 is 0. The summed E-state index contributed by atoms with van der Waals surface area (Å²) in [5.74, 6) is 0. The molecule has 0 atom stereocenters. The van der Waals surface area contributed by atoms with Crippen molar-refractivity contribution in [3.8, 4) is 6.07 Å². The highest BCUT2D eigenvalue weighted by atomic mass is 32.2. The maximum atomic E-state index is 12.2. The number of nitrogens with two attached hydrogens (primary N) is 1. The summed E-state index contributed by atoms with van der Waals surface area (Å²) in [5, 5.41) is 8.86. The summed E-state index contributed by atoms with van der Waals surface area (Å²) in [6, 6.07) is 5.89. The third kappa shape index (κ3) is 2.61. The van der Waals surface area contributed by atoms with Gasteiger partial charge in [0.2, 0.25) is 0 Å². The minimum Gasteiger partial charge on any atom is -0.396 e. The molecule has 0 saturated carbocycles. The molecule has 0 aliphatic rings. The number of sulfonamides is 1. The molecule has 0 unspecified atom stereocenters. The van der Waals surface area contributed by atoms with Crippen LogP contribution in [0.25, 0.3) is 0 Å². The molecule has 2 rings (SSSR count). The number of hydrogen-bond donors (Lipinski definition) is 2. The van der Waals surface area contributed by atoms with Gasteiger partial charge in [-0.05, 0) is 18.2 Å². The minimum absolute atomic E-state index is 0.178. The van der Waals surface area contributed by atoms with Crippen molar-refractivity contribution in [2.24, 2.45) is 0 Å². The fourth-order valence-corrected chi connectivity index (χ4v) is 2.59. The van der Waals surface area contributed by atoms with Crippen molar-refractivity contribution in [1.29, 1.82) is 5.26 Å². The molecule has 0 saturated heterocycles. The van der Waals surface area contributed by atoms with Gasteiger partial charge in [0.15, 0.2) is 5.69 Å². The number of aromatic nitrogens is 2. The summed E-state index contributed by atoms with van der Waals surface area (Å²) in [6.45, 7) is 0. The van der Waals surface area contributed by atoms with Gasteiger partial charge < -0.3 is 5.73 Å². The van der Waals surface area contributed by atoms with Gasteiger partial charge in [-0.15, -0.1) is 0 Å². The molecule has 2 aromatic heterocycles. The predicted octanol–water partition coefficient (Wildman–Crippen LogP) is 0.731. The second-order valence-electron chi connectivity index (χ2n) is 3.53. The molecule has 0 aliphatic carbocycles. The fraction of sp³-hybridized carbons (Fsp3) is 0. The molecule has 2 aromatic rings. The average Bonchev–Trinajstić information content (AvgIpc) is 2.41. The van der Waals surface area contributed by atoms with Gasteiger partial charge in [-0.3, -0.25) is 9.71 Å². The first kappa shape index (κ1) is 12.8. The average molecular weight is 275 g/mol. The van der Waals surface area contributed by atoms with Crippen LogP contribution in [-0.2, 0) is 10.0 Å². The van der Waals surface area contributed by atoms with Gasteiger partial charge in [0.25, 0.3) is 10.0 Å². The number of anilines is 2. The van der Waals surface area contributed by atoms with Gasteiger partial charge in [0.05, 0.1) is 17.6 Å². The molecule has 0 radical (unpaired) electrons. The number of hydrogen-bond acceptors (Lipinski definition) is 6. The molecule has 2 heterocycles. The van der Waals surface area contributed by atoms with Gasteiger partial charge in [-0.25, -0.2) is 13.4 Å². The van der Waals surface area contributed by atoms with E-state index < -0.39 is 10.0 Å². The summed E-state index contributed by atoms with van der Waals surface area (Å²) in [6.07, 6.45) is 4.08. The van der Waals surface area contributed by atoms with Gasteiger partial charge in [-0.2, -0.15) is 5.26 Å². The molecular weight excluding hydrogens is 266 g/mol. The fourth-order valence-electron chi connectivity index (χ4n) is 1.39. The Morgan fingerprint density at radius 3 is 2.79 bits per heavy atom. The maximum Gasteiger partial charge on any atom is 0.264 e. The summed E-state index contributed by atoms with van der Waals surface area (Å²) in [4.78, 5) is 7.26. The van der Waals surface area contributed by atoms with Crippen molar-refractivity contribution < 1.29 is 8.42 Å². The molecule has 0 bridgehead atoms. The van der Waals surface area contributed by atoms with E-state index in [1.807, 2.05) is 0 Å². The monoisotopic (exact) mass is 275 g/mol. The highest BCUT2D eigenvalue weighted by Gasteiger charge is 2.20. The highest BCUT2D eigenvalue weighted by Crippen LogP contribution is 2.21. The highest BCUT2D eigenvalue weighted by molar-refractivity contribution is 7.92. The number of rotatable bonds is 3. The quantitative estimate of drug-likeness (QED) is 0.851. The normalized spacial score (nSPS) is 10.7. The maximum absolute atomic E-state index is 12.2. The Hall–Kier alpha value is -2.66. The zero-order valence-electron chi connectivity index (χ0n) is 9.61. The second-order valence-corrected chi connectivity index (χ2v) is 5.18. The Kier molecular flexibility index (Phi) is 3.31. The third-order valence-corrected chi connectivity index (χ3v) is 3.66. The smallest absolute Gasteiger partial charge is 0.264 e. The Bertz CT molecular complexity index is 752. The molecule has 96 valence electrons. The van der Waals surface area contributed by atoms with Crippen molar-refractivity contribution in [3.05, 3.63) is 42.5 Å². The van der Waals surface area contributed by atoms with Gasteiger partial charge in [0.1, 0.15) is 11.0 Å². The molecule has 0 spiro atoms. The molecule has 0 aliphatic heterocycles. The largest absolute Gasteiger partial charge is 0.396 e. The van der Waals surface area contributed by atoms with Crippen LogP contribution in [0.4, 0.5) is 11.4 Å². The summed E-state index contributed by atoms with van der Waals surface area (Å²) in [7, 11) is -3.92. The topological polar surface area (TPSA) is 122 Å². The molecule has 7 nitrogen and oxygen atoms in total. The zero-order valence-corrected chi connectivity index (χ0v) is 10.4. The van der Waals surface area contributed by atoms with Crippen molar-refractivity contribution in [3.63, 3.8) is 0 Å². The zero-order chi connectivity index (χ0) is 13.9. The van der Waals surface area contributed by atoms with Crippen molar-refractivity contribution >= 4 is 21.4 Å². The number of nitrogen functional groups attached to an aromatic ring is 1. The lowest BCUT2D eigenvalue weighted by Crippen LogP contribution is -2.16. The number of nitrogens with zero attached hydrogens (tertiary/aromatic N) is 3. The Morgan fingerprint density at radius 1 is 1.32 bits per heavy atom. The Labute approximate surface area is 109 Å².